The van der Waals surface area contributed by atoms with E-state index in [9.17, 15) is 5.02 Å². The summed E-state index contributed by atoms with van der Waals surface area (Å²) >= 11 is 0. The minimum absolute atomic E-state index is 0.514. The average molecular weight is 226 g/mol. The summed E-state index contributed by atoms with van der Waals surface area (Å²) in [5.74, 6) is 0. The topological polar surface area (TPSA) is 29.5 Å². The summed E-state index contributed by atoms with van der Waals surface area (Å²) in [5, 5.41) is 9.78. The molecule has 0 aliphatic heterocycles. The Morgan fingerprint density at radius 3 is 2.12 bits per heavy atom. The molecule has 2 aromatic carbocycles. The van der Waals surface area contributed by atoms with E-state index in [4.69, 9.17) is 4.65 Å². The summed E-state index contributed by atoms with van der Waals surface area (Å²) in [6.45, 7) is 0.514. The molecule has 0 unspecified atom stereocenters. The lowest BCUT2D eigenvalue weighted by Gasteiger charge is -2.08. The highest BCUT2D eigenvalue weighted by molar-refractivity contribution is 6.59. The van der Waals surface area contributed by atoms with Gasteiger partial charge in [0.05, 0.1) is 0 Å². The lowest BCUT2D eigenvalue weighted by molar-refractivity contribution is 0.273. The maximum atomic E-state index is 9.78. The zero-order chi connectivity index (χ0) is 11.9. The third kappa shape index (κ3) is 3.73. The van der Waals surface area contributed by atoms with Crippen LogP contribution in [0.4, 0.5) is 0 Å². The first-order valence-corrected chi connectivity index (χ1v) is 5.75. The van der Waals surface area contributed by atoms with Crippen molar-refractivity contribution in [3.8, 4) is 0 Å². The van der Waals surface area contributed by atoms with Gasteiger partial charge in [0.15, 0.2) is 0 Å². The second kappa shape index (κ2) is 6.23. The Kier molecular flexibility index (Phi) is 4.36. The molecule has 0 fully saturated rings. The van der Waals surface area contributed by atoms with Crippen molar-refractivity contribution in [3.05, 3.63) is 66.2 Å². The van der Waals surface area contributed by atoms with Gasteiger partial charge in [0.25, 0.3) is 0 Å². The smallest absolute Gasteiger partial charge is 0.423 e. The lowest BCUT2D eigenvalue weighted by Crippen LogP contribution is -2.34. The summed E-state index contributed by atoms with van der Waals surface area (Å²) < 4.78 is 5.39. The Labute approximate surface area is 102 Å². The molecule has 0 saturated heterocycles. The van der Waals surface area contributed by atoms with Crippen LogP contribution in [0.5, 0.6) is 0 Å². The van der Waals surface area contributed by atoms with Crippen molar-refractivity contribution in [3.63, 3.8) is 0 Å². The third-order valence-electron chi connectivity index (χ3n) is 2.59. The average Bonchev–Trinajstić information content (AvgIpc) is 2.41. The lowest BCUT2D eigenvalue weighted by atomic mass is 9.80. The number of rotatable bonds is 5. The van der Waals surface area contributed by atoms with Gasteiger partial charge in [-0.1, -0.05) is 60.7 Å². The summed E-state index contributed by atoms with van der Waals surface area (Å²) in [6, 6.07) is 19.5. The van der Waals surface area contributed by atoms with Gasteiger partial charge >= 0.3 is 7.12 Å². The van der Waals surface area contributed by atoms with E-state index < -0.39 is 7.12 Å². The maximum Gasteiger partial charge on any atom is 0.491 e. The third-order valence-corrected chi connectivity index (χ3v) is 2.59. The molecule has 0 aliphatic carbocycles. The Morgan fingerprint density at radius 2 is 1.47 bits per heavy atom. The Bertz CT molecular complexity index is 430. The van der Waals surface area contributed by atoms with Gasteiger partial charge < -0.3 is 9.68 Å². The van der Waals surface area contributed by atoms with Crippen LogP contribution in [0, 0.1) is 0 Å². The van der Waals surface area contributed by atoms with Crippen LogP contribution in [-0.2, 0) is 11.1 Å². The molecule has 3 heteroatoms. The molecule has 0 aliphatic rings. The van der Waals surface area contributed by atoms with E-state index >= 15 is 0 Å². The molecule has 2 nitrogen and oxygen atoms in total. The fourth-order valence-electron chi connectivity index (χ4n) is 1.65. The predicted molar refractivity (Wildman–Crippen MR) is 70.1 cm³/mol. The van der Waals surface area contributed by atoms with Crippen molar-refractivity contribution in [2.75, 3.05) is 6.61 Å². The highest BCUT2D eigenvalue weighted by atomic mass is 16.5. The van der Waals surface area contributed by atoms with E-state index in [2.05, 4.69) is 12.1 Å². The van der Waals surface area contributed by atoms with E-state index in [0.29, 0.717) is 6.61 Å². The van der Waals surface area contributed by atoms with Gasteiger partial charge in [-0.25, -0.2) is 0 Å². The van der Waals surface area contributed by atoms with Crippen LogP contribution in [0.3, 0.4) is 0 Å². The molecule has 1 N–H and O–H groups in total. The fraction of sp³-hybridized carbons (Fsp3) is 0.143. The molecule has 0 aromatic heterocycles. The molecule has 2 rings (SSSR count). The van der Waals surface area contributed by atoms with Crippen molar-refractivity contribution in [1.82, 2.24) is 0 Å². The van der Waals surface area contributed by atoms with Crippen LogP contribution in [0.2, 0.25) is 0 Å². The van der Waals surface area contributed by atoms with Crippen molar-refractivity contribution in [2.45, 2.75) is 6.42 Å². The maximum absolute atomic E-state index is 9.78. The number of hydrogen-bond donors (Lipinski definition) is 1. The Morgan fingerprint density at radius 1 is 0.882 bits per heavy atom. The van der Waals surface area contributed by atoms with Crippen LogP contribution in [0.25, 0.3) is 0 Å². The highest BCUT2D eigenvalue weighted by Crippen LogP contribution is 2.00. The van der Waals surface area contributed by atoms with Crippen LogP contribution in [-0.4, -0.2) is 18.7 Å². The van der Waals surface area contributed by atoms with E-state index in [1.165, 1.54) is 5.56 Å². The summed E-state index contributed by atoms with van der Waals surface area (Å²) in [5.41, 5.74) is 2.01. The first-order valence-electron chi connectivity index (χ1n) is 5.75. The van der Waals surface area contributed by atoms with Gasteiger partial charge in [-0.05, 0) is 17.4 Å². The molecule has 0 atom stereocenters. The van der Waals surface area contributed by atoms with Gasteiger partial charge in [0.1, 0.15) is 0 Å². The Hall–Kier alpha value is -1.58. The second-order valence-corrected chi connectivity index (χ2v) is 3.87. The van der Waals surface area contributed by atoms with Crippen molar-refractivity contribution in [2.24, 2.45) is 0 Å². The first-order chi connectivity index (χ1) is 8.36. The molecule has 0 heterocycles. The van der Waals surface area contributed by atoms with Gasteiger partial charge in [-0.2, -0.15) is 0 Å². The van der Waals surface area contributed by atoms with Crippen molar-refractivity contribution >= 4 is 12.6 Å². The fourth-order valence-corrected chi connectivity index (χ4v) is 1.65. The van der Waals surface area contributed by atoms with E-state index in [-0.39, 0.29) is 0 Å². The minimum atomic E-state index is -0.833. The van der Waals surface area contributed by atoms with E-state index in [1.807, 2.05) is 48.5 Å². The quantitative estimate of drug-likeness (QED) is 0.785. The van der Waals surface area contributed by atoms with Crippen molar-refractivity contribution in [1.29, 1.82) is 0 Å². The summed E-state index contributed by atoms with van der Waals surface area (Å²) in [6.07, 6.45) is 0.810. The number of hydrogen-bond acceptors (Lipinski definition) is 2. The van der Waals surface area contributed by atoms with E-state index in [0.717, 1.165) is 11.9 Å². The molecule has 0 saturated carbocycles. The van der Waals surface area contributed by atoms with Crippen molar-refractivity contribution < 1.29 is 9.68 Å². The zero-order valence-corrected chi connectivity index (χ0v) is 9.62. The molecule has 0 spiro atoms. The molecule has 2 aromatic rings. The van der Waals surface area contributed by atoms with Crippen LogP contribution >= 0.6 is 0 Å². The minimum Gasteiger partial charge on any atom is -0.423 e. The first kappa shape index (κ1) is 11.9. The molecule has 0 amide bonds. The van der Waals surface area contributed by atoms with Crippen LogP contribution in [0.15, 0.2) is 60.7 Å². The molecule has 0 radical (unpaired) electrons. The molecular formula is C14H15BO2. The Balaban J connectivity index is 1.79. The van der Waals surface area contributed by atoms with Gasteiger partial charge in [-0.3, -0.25) is 0 Å². The second-order valence-electron chi connectivity index (χ2n) is 3.87. The molecule has 17 heavy (non-hydrogen) atoms. The monoisotopic (exact) mass is 226 g/mol. The molecular weight excluding hydrogens is 211 g/mol. The molecule has 0 bridgehead atoms. The zero-order valence-electron chi connectivity index (χ0n) is 9.62. The largest absolute Gasteiger partial charge is 0.491 e. The SMILES string of the molecule is OB(OCCc1ccccc1)c1ccccc1. The summed E-state index contributed by atoms with van der Waals surface area (Å²) in [4.78, 5) is 0. The van der Waals surface area contributed by atoms with Crippen LogP contribution in [0.1, 0.15) is 5.56 Å². The summed E-state index contributed by atoms with van der Waals surface area (Å²) in [7, 11) is -0.833. The van der Waals surface area contributed by atoms with Gasteiger partial charge in [0, 0.05) is 6.61 Å². The van der Waals surface area contributed by atoms with Gasteiger partial charge in [-0.15, -0.1) is 0 Å². The van der Waals surface area contributed by atoms with E-state index in [1.54, 1.807) is 0 Å². The normalized spacial score (nSPS) is 10.2. The molecule has 86 valence electrons. The highest BCUT2D eigenvalue weighted by Gasteiger charge is 2.14. The standard InChI is InChI=1S/C14H15BO2/c16-15(14-9-5-2-6-10-14)17-12-11-13-7-3-1-4-8-13/h1-10,16H,11-12H2. The van der Waals surface area contributed by atoms with Gasteiger partial charge in [0.2, 0.25) is 0 Å². The van der Waals surface area contributed by atoms with Crippen LogP contribution < -0.4 is 5.46 Å². The predicted octanol–water partition coefficient (Wildman–Crippen LogP) is 1.63. The number of benzene rings is 2.